The lowest BCUT2D eigenvalue weighted by Gasteiger charge is -2.34. The van der Waals surface area contributed by atoms with E-state index in [1.165, 1.54) is 33.8 Å². The third-order valence-corrected chi connectivity index (χ3v) is 7.66. The zero-order valence-electron chi connectivity index (χ0n) is 20.5. The summed E-state index contributed by atoms with van der Waals surface area (Å²) in [6.45, 7) is 2.73. The van der Waals surface area contributed by atoms with Crippen molar-refractivity contribution in [3.63, 3.8) is 0 Å². The van der Waals surface area contributed by atoms with E-state index in [1.807, 2.05) is 0 Å². The van der Waals surface area contributed by atoms with E-state index in [1.54, 1.807) is 0 Å². The Hall–Kier alpha value is -3.93. The molecule has 36 heavy (non-hydrogen) atoms. The molecule has 3 aliphatic heterocycles. The fourth-order valence-electron chi connectivity index (χ4n) is 5.93. The minimum absolute atomic E-state index is 0.744. The Morgan fingerprint density at radius 2 is 0.722 bits per heavy atom. The molecule has 4 heterocycles. The van der Waals surface area contributed by atoms with Gasteiger partial charge in [0.05, 0.1) is 0 Å². The molecule has 0 atom stereocenters. The summed E-state index contributed by atoms with van der Waals surface area (Å²) >= 11 is 0. The van der Waals surface area contributed by atoms with Crippen LogP contribution in [0.25, 0.3) is 0 Å². The largest absolute Gasteiger partial charge is 0.310 e. The van der Waals surface area contributed by atoms with Crippen LogP contribution in [0, 0.1) is 0 Å². The summed E-state index contributed by atoms with van der Waals surface area (Å²) in [4.78, 5) is 22.3. The SMILES string of the molecule is c1ccc2c(c1)CCCN2c1nc(N2CCCc3ccccc32)nc(N2CCCc3ccccc32)n1. The van der Waals surface area contributed by atoms with E-state index in [9.17, 15) is 0 Å². The molecule has 3 aliphatic rings. The second kappa shape index (κ2) is 8.94. The molecule has 6 heteroatoms. The van der Waals surface area contributed by atoms with Gasteiger partial charge in [-0.1, -0.05) is 54.6 Å². The van der Waals surface area contributed by atoms with Gasteiger partial charge in [-0.3, -0.25) is 0 Å². The van der Waals surface area contributed by atoms with Crippen LogP contribution in [-0.4, -0.2) is 34.6 Å². The Kier molecular flexibility index (Phi) is 5.30. The minimum Gasteiger partial charge on any atom is -0.310 e. The molecule has 0 amide bonds. The summed E-state index contributed by atoms with van der Waals surface area (Å²) in [5, 5.41) is 0. The number of nitrogens with zero attached hydrogens (tertiary/aromatic N) is 6. The molecule has 3 aromatic carbocycles. The van der Waals surface area contributed by atoms with Gasteiger partial charge in [0, 0.05) is 36.7 Å². The zero-order chi connectivity index (χ0) is 23.9. The summed E-state index contributed by atoms with van der Waals surface area (Å²) in [5.74, 6) is 2.23. The summed E-state index contributed by atoms with van der Waals surface area (Å²) in [6.07, 6.45) is 6.55. The molecule has 0 spiro atoms. The Labute approximate surface area is 212 Å². The number of hydrogen-bond acceptors (Lipinski definition) is 6. The lowest BCUT2D eigenvalue weighted by molar-refractivity contribution is 0.715. The fourth-order valence-corrected chi connectivity index (χ4v) is 5.93. The summed E-state index contributed by atoms with van der Waals surface area (Å²) in [5.41, 5.74) is 7.72. The topological polar surface area (TPSA) is 48.4 Å². The Bertz CT molecular complexity index is 1230. The maximum atomic E-state index is 5.13. The van der Waals surface area contributed by atoms with Gasteiger partial charge < -0.3 is 14.7 Å². The maximum Gasteiger partial charge on any atom is 0.236 e. The number of rotatable bonds is 3. The molecule has 0 fully saturated rings. The van der Waals surface area contributed by atoms with Gasteiger partial charge in [0.2, 0.25) is 17.8 Å². The second-order valence-electron chi connectivity index (χ2n) is 9.89. The van der Waals surface area contributed by atoms with Crippen LogP contribution in [0.5, 0.6) is 0 Å². The van der Waals surface area contributed by atoms with Crippen LogP contribution >= 0.6 is 0 Å². The third kappa shape index (κ3) is 3.68. The van der Waals surface area contributed by atoms with Gasteiger partial charge in [0.25, 0.3) is 0 Å². The van der Waals surface area contributed by atoms with Crippen molar-refractivity contribution in [1.82, 2.24) is 15.0 Å². The normalized spacial score (nSPS) is 16.8. The fraction of sp³-hybridized carbons (Fsp3) is 0.300. The molecule has 0 aliphatic carbocycles. The van der Waals surface area contributed by atoms with E-state index in [2.05, 4.69) is 87.5 Å². The van der Waals surface area contributed by atoms with E-state index in [-0.39, 0.29) is 0 Å². The summed E-state index contributed by atoms with van der Waals surface area (Å²) in [6, 6.07) is 26.0. The molecule has 6 nitrogen and oxygen atoms in total. The van der Waals surface area contributed by atoms with Crippen molar-refractivity contribution in [2.24, 2.45) is 0 Å². The molecule has 0 radical (unpaired) electrons. The first kappa shape index (κ1) is 21.4. The van der Waals surface area contributed by atoms with Crippen LogP contribution < -0.4 is 14.7 Å². The van der Waals surface area contributed by atoms with Gasteiger partial charge in [0.1, 0.15) is 0 Å². The molecule has 7 rings (SSSR count). The number of aromatic nitrogens is 3. The Morgan fingerprint density at radius 3 is 1.06 bits per heavy atom. The van der Waals surface area contributed by atoms with Gasteiger partial charge in [0.15, 0.2) is 0 Å². The minimum atomic E-state index is 0.744. The average Bonchev–Trinajstić information content (AvgIpc) is 2.96. The predicted molar refractivity (Wildman–Crippen MR) is 145 cm³/mol. The van der Waals surface area contributed by atoms with E-state index in [0.717, 1.165) is 76.0 Å². The zero-order valence-corrected chi connectivity index (χ0v) is 20.5. The molecule has 0 saturated carbocycles. The lowest BCUT2D eigenvalue weighted by atomic mass is 10.0. The van der Waals surface area contributed by atoms with Crippen molar-refractivity contribution in [3.8, 4) is 0 Å². The summed E-state index contributed by atoms with van der Waals surface area (Å²) < 4.78 is 0. The Balaban J connectivity index is 1.39. The van der Waals surface area contributed by atoms with E-state index < -0.39 is 0 Å². The maximum absolute atomic E-state index is 5.13. The third-order valence-electron chi connectivity index (χ3n) is 7.66. The van der Waals surface area contributed by atoms with Crippen LogP contribution in [0.15, 0.2) is 72.8 Å². The number of aryl methyl sites for hydroxylation is 3. The molecular formula is C30H30N6. The average molecular weight is 475 g/mol. The highest BCUT2D eigenvalue weighted by Crippen LogP contribution is 2.38. The van der Waals surface area contributed by atoms with E-state index in [0.29, 0.717) is 0 Å². The predicted octanol–water partition coefficient (Wildman–Crippen LogP) is 6.12. The number of hydrogen-bond donors (Lipinski definition) is 0. The molecule has 180 valence electrons. The lowest BCUT2D eigenvalue weighted by Crippen LogP contribution is -2.32. The summed E-state index contributed by atoms with van der Waals surface area (Å²) in [7, 11) is 0. The quantitative estimate of drug-likeness (QED) is 0.356. The molecule has 0 bridgehead atoms. The first-order chi connectivity index (χ1) is 17.8. The Morgan fingerprint density at radius 1 is 0.417 bits per heavy atom. The smallest absolute Gasteiger partial charge is 0.236 e. The molecule has 0 saturated heterocycles. The molecule has 4 aromatic rings. The number of benzene rings is 3. The highest BCUT2D eigenvalue weighted by Gasteiger charge is 2.28. The van der Waals surface area contributed by atoms with Gasteiger partial charge in [-0.2, -0.15) is 15.0 Å². The highest BCUT2D eigenvalue weighted by molar-refractivity contribution is 5.70. The van der Waals surface area contributed by atoms with Crippen molar-refractivity contribution in [2.75, 3.05) is 34.3 Å². The van der Waals surface area contributed by atoms with Crippen LogP contribution in [-0.2, 0) is 19.3 Å². The molecule has 0 N–H and O–H groups in total. The van der Waals surface area contributed by atoms with Gasteiger partial charge >= 0.3 is 0 Å². The standard InChI is InChI=1S/C30H30N6/c1-4-16-25-22(10-1)13-7-19-34(25)28-31-29(35-20-8-14-23-11-2-5-17-26(23)35)33-30(32-28)36-21-9-15-24-12-3-6-18-27(24)36/h1-6,10-12,16-18H,7-9,13-15,19-21H2. The van der Waals surface area contributed by atoms with Crippen LogP contribution in [0.2, 0.25) is 0 Å². The van der Waals surface area contributed by atoms with Crippen molar-refractivity contribution in [1.29, 1.82) is 0 Å². The van der Waals surface area contributed by atoms with Crippen LogP contribution in [0.3, 0.4) is 0 Å². The number of para-hydroxylation sites is 3. The van der Waals surface area contributed by atoms with Crippen LogP contribution in [0.4, 0.5) is 34.9 Å². The molecule has 1 aromatic heterocycles. The monoisotopic (exact) mass is 474 g/mol. The van der Waals surface area contributed by atoms with E-state index >= 15 is 0 Å². The first-order valence-corrected chi connectivity index (χ1v) is 13.2. The van der Waals surface area contributed by atoms with E-state index in [4.69, 9.17) is 15.0 Å². The van der Waals surface area contributed by atoms with Crippen molar-refractivity contribution in [2.45, 2.75) is 38.5 Å². The highest BCUT2D eigenvalue weighted by atomic mass is 15.4. The molecular weight excluding hydrogens is 444 g/mol. The molecule has 0 unspecified atom stereocenters. The first-order valence-electron chi connectivity index (χ1n) is 13.2. The van der Waals surface area contributed by atoms with Gasteiger partial charge in [-0.05, 0) is 73.4 Å². The van der Waals surface area contributed by atoms with Crippen LogP contribution in [0.1, 0.15) is 36.0 Å². The van der Waals surface area contributed by atoms with Crippen molar-refractivity contribution < 1.29 is 0 Å². The van der Waals surface area contributed by atoms with Gasteiger partial charge in [-0.15, -0.1) is 0 Å². The number of fused-ring (bicyclic) bond motifs is 3. The van der Waals surface area contributed by atoms with Gasteiger partial charge in [-0.25, -0.2) is 0 Å². The van der Waals surface area contributed by atoms with Crippen molar-refractivity contribution in [3.05, 3.63) is 89.5 Å². The van der Waals surface area contributed by atoms with Crippen molar-refractivity contribution >= 4 is 34.9 Å². The second-order valence-corrected chi connectivity index (χ2v) is 9.89. The number of anilines is 6.